The first-order chi connectivity index (χ1) is 12.0. The zero-order chi connectivity index (χ0) is 18.0. The maximum absolute atomic E-state index is 13.4. The number of imidazole rings is 1. The quantitative estimate of drug-likeness (QED) is 0.643. The molecule has 1 atom stereocenters. The van der Waals surface area contributed by atoms with Crippen molar-refractivity contribution in [3.8, 4) is 5.88 Å². The van der Waals surface area contributed by atoms with E-state index in [1.165, 1.54) is 12.0 Å². The normalized spacial score (nSPS) is 17.8. The fraction of sp³-hybridized carbons (Fsp3) is 0.467. The predicted octanol–water partition coefficient (Wildman–Crippen LogP) is 1.29. The van der Waals surface area contributed by atoms with Gasteiger partial charge in [0.05, 0.1) is 13.3 Å². The average molecular weight is 347 g/mol. The van der Waals surface area contributed by atoms with Gasteiger partial charge < -0.3 is 30.3 Å². The molecule has 0 saturated carbocycles. The average Bonchev–Trinajstić information content (AvgIpc) is 3.27. The molecule has 0 spiro atoms. The number of hydrogen-bond acceptors (Lipinski definition) is 3. The molecule has 0 unspecified atom stereocenters. The standard InChI is InChI=1S/C15H20FN8O/c1-9-6-18-12(19-9)13(20-11-8-23(2)22-14(11)25-3)21-15(17)24-5-4-10(16)7-24/h6,8,10H,4-5,7H2,1-3H3,(H2-,17,18,19,20,21)/q-1/t10-/m0/s1. The van der Waals surface area contributed by atoms with Gasteiger partial charge in [-0.2, -0.15) is 0 Å². The number of guanidine groups is 1. The smallest absolute Gasteiger partial charge is 0.256 e. The zero-order valence-corrected chi connectivity index (χ0v) is 14.3. The van der Waals surface area contributed by atoms with E-state index in [9.17, 15) is 9.80 Å². The minimum Gasteiger partial charge on any atom is -0.478 e. The molecule has 3 rings (SSSR count). The fourth-order valence-corrected chi connectivity index (χ4v) is 2.58. The van der Waals surface area contributed by atoms with Gasteiger partial charge in [0.25, 0.3) is 5.88 Å². The Labute approximate surface area is 144 Å². The van der Waals surface area contributed by atoms with Crippen molar-refractivity contribution in [3.63, 3.8) is 0 Å². The Hall–Kier alpha value is -2.91. The number of methoxy groups -OCH3 is 1. The molecule has 0 radical (unpaired) electrons. The van der Waals surface area contributed by atoms with Crippen LogP contribution in [0.25, 0.3) is 5.41 Å². The summed E-state index contributed by atoms with van der Waals surface area (Å²) in [7, 11) is 3.27. The topological polar surface area (TPSA) is 106 Å². The highest BCUT2D eigenvalue weighted by atomic mass is 19.1. The lowest BCUT2D eigenvalue weighted by Gasteiger charge is -2.25. The number of nitrogens with one attached hydrogen (secondary N) is 2. The lowest BCUT2D eigenvalue weighted by molar-refractivity contribution is 0.342. The van der Waals surface area contributed by atoms with Crippen molar-refractivity contribution in [2.24, 2.45) is 12.0 Å². The van der Waals surface area contributed by atoms with Crippen molar-refractivity contribution in [1.29, 1.82) is 0 Å². The van der Waals surface area contributed by atoms with Crippen molar-refractivity contribution < 1.29 is 9.13 Å². The number of likely N-dealkylation sites (tertiary alicyclic amines) is 1. The van der Waals surface area contributed by atoms with E-state index in [2.05, 4.69) is 25.4 Å². The Bertz CT molecular complexity index is 795. The third-order valence-electron chi connectivity index (χ3n) is 3.79. The number of anilines is 1. The van der Waals surface area contributed by atoms with E-state index in [0.717, 1.165) is 5.69 Å². The van der Waals surface area contributed by atoms with Crippen LogP contribution >= 0.6 is 0 Å². The Morgan fingerprint density at radius 2 is 2.36 bits per heavy atom. The van der Waals surface area contributed by atoms with Crippen LogP contribution in [-0.2, 0) is 7.05 Å². The highest BCUT2D eigenvalue weighted by molar-refractivity contribution is 6.11. The Morgan fingerprint density at radius 3 is 2.96 bits per heavy atom. The maximum atomic E-state index is 13.4. The number of hydrogen-bond donors (Lipinski definition) is 2. The number of alkyl halides is 1. The molecular weight excluding hydrogens is 327 g/mol. The molecule has 1 aliphatic heterocycles. The lowest BCUT2D eigenvalue weighted by Crippen LogP contribution is -2.29. The molecule has 10 heteroatoms. The Kier molecular flexibility index (Phi) is 4.68. The largest absolute Gasteiger partial charge is 0.478 e. The van der Waals surface area contributed by atoms with E-state index in [4.69, 9.17) is 4.74 Å². The van der Waals surface area contributed by atoms with E-state index < -0.39 is 6.17 Å². The summed E-state index contributed by atoms with van der Waals surface area (Å²) < 4.78 is 20.2. The van der Waals surface area contributed by atoms with E-state index in [0.29, 0.717) is 30.4 Å². The van der Waals surface area contributed by atoms with Crippen LogP contribution in [0.15, 0.2) is 17.4 Å². The summed E-state index contributed by atoms with van der Waals surface area (Å²) >= 11 is 0. The molecule has 25 heavy (non-hydrogen) atoms. The van der Waals surface area contributed by atoms with Crippen molar-refractivity contribution in [2.45, 2.75) is 19.5 Å². The van der Waals surface area contributed by atoms with Crippen LogP contribution in [0.2, 0.25) is 0 Å². The molecule has 1 saturated heterocycles. The number of amidine groups is 1. The third kappa shape index (κ3) is 3.78. The molecule has 1 aliphatic rings. The molecular formula is C15H20FN8O-. The van der Waals surface area contributed by atoms with E-state index in [1.54, 1.807) is 24.1 Å². The molecule has 0 aromatic carbocycles. The van der Waals surface area contributed by atoms with Crippen LogP contribution in [0, 0.1) is 6.92 Å². The molecule has 2 aromatic rings. The van der Waals surface area contributed by atoms with Crippen LogP contribution in [0.4, 0.5) is 10.1 Å². The Balaban J connectivity index is 1.89. The summed E-state index contributed by atoms with van der Waals surface area (Å²) in [5.41, 5.74) is 1.41. The van der Waals surface area contributed by atoms with Crippen molar-refractivity contribution >= 4 is 17.5 Å². The molecule has 0 aliphatic carbocycles. The fourth-order valence-electron chi connectivity index (χ4n) is 2.58. The van der Waals surface area contributed by atoms with Gasteiger partial charge in [0.15, 0.2) is 5.82 Å². The number of aryl methyl sites for hydroxylation is 2. The van der Waals surface area contributed by atoms with Crippen LogP contribution in [0.5, 0.6) is 5.88 Å². The number of nitrogens with zero attached hydrogens (tertiary/aromatic N) is 6. The SMILES string of the molecule is COc1nn(C)cc1N/C(=N/C(=[N-])N1CC[C@H](F)C1)c1ncc(C)[nH]1. The van der Waals surface area contributed by atoms with E-state index in [1.807, 2.05) is 6.92 Å². The number of halogens is 1. The van der Waals surface area contributed by atoms with E-state index >= 15 is 0 Å². The van der Waals surface area contributed by atoms with E-state index in [-0.39, 0.29) is 18.3 Å². The number of aromatic amines is 1. The van der Waals surface area contributed by atoms with Crippen molar-refractivity contribution in [2.75, 3.05) is 25.5 Å². The lowest BCUT2D eigenvalue weighted by atomic mass is 10.3. The highest BCUT2D eigenvalue weighted by Crippen LogP contribution is 2.22. The zero-order valence-electron chi connectivity index (χ0n) is 14.3. The van der Waals surface area contributed by atoms with Crippen LogP contribution in [-0.4, -0.2) is 62.8 Å². The Morgan fingerprint density at radius 1 is 1.56 bits per heavy atom. The van der Waals surface area contributed by atoms with Crippen LogP contribution in [0.1, 0.15) is 17.9 Å². The number of ether oxygens (including phenoxy) is 1. The highest BCUT2D eigenvalue weighted by Gasteiger charge is 2.19. The second-order valence-electron chi connectivity index (χ2n) is 5.86. The van der Waals surface area contributed by atoms with Gasteiger partial charge in [0.1, 0.15) is 17.7 Å². The van der Waals surface area contributed by atoms with Gasteiger partial charge in [0, 0.05) is 31.4 Å². The molecule has 2 aromatic heterocycles. The number of rotatable bonds is 3. The summed E-state index contributed by atoms with van der Waals surface area (Å²) in [5.74, 6) is 0.827. The van der Waals surface area contributed by atoms with Gasteiger partial charge in [-0.25, -0.2) is 9.37 Å². The maximum Gasteiger partial charge on any atom is 0.256 e. The van der Waals surface area contributed by atoms with Gasteiger partial charge >= 0.3 is 0 Å². The molecule has 134 valence electrons. The summed E-state index contributed by atoms with van der Waals surface area (Å²) in [5, 5.41) is 17.5. The molecule has 0 bridgehead atoms. The van der Waals surface area contributed by atoms with Crippen LogP contribution in [0.3, 0.4) is 0 Å². The molecule has 1 fully saturated rings. The van der Waals surface area contributed by atoms with Crippen molar-refractivity contribution in [1.82, 2.24) is 24.6 Å². The predicted molar refractivity (Wildman–Crippen MR) is 92.7 cm³/mol. The number of aliphatic imine (C=N–C) groups is 1. The van der Waals surface area contributed by atoms with Gasteiger partial charge in [-0.3, -0.25) is 4.68 Å². The second kappa shape index (κ2) is 6.91. The van der Waals surface area contributed by atoms with Gasteiger partial charge in [-0.05, 0) is 19.9 Å². The molecule has 2 N–H and O–H groups in total. The summed E-state index contributed by atoms with van der Waals surface area (Å²) in [6, 6.07) is 0. The summed E-state index contributed by atoms with van der Waals surface area (Å²) in [6.45, 7) is 2.39. The first-order valence-corrected chi connectivity index (χ1v) is 7.86. The minimum absolute atomic E-state index is 0.121. The minimum atomic E-state index is -0.960. The number of H-pyrrole nitrogens is 1. The first kappa shape index (κ1) is 16.9. The van der Waals surface area contributed by atoms with Crippen LogP contribution < -0.4 is 10.1 Å². The second-order valence-corrected chi connectivity index (χ2v) is 5.86. The first-order valence-electron chi connectivity index (χ1n) is 7.86. The van der Waals surface area contributed by atoms with Crippen molar-refractivity contribution in [3.05, 3.63) is 29.3 Å². The monoisotopic (exact) mass is 347 g/mol. The summed E-state index contributed by atoms with van der Waals surface area (Å²) in [6.07, 6.45) is 2.78. The molecule has 3 heterocycles. The third-order valence-corrected chi connectivity index (χ3v) is 3.79. The van der Waals surface area contributed by atoms with Gasteiger partial charge in [-0.1, -0.05) is 0 Å². The molecule has 0 amide bonds. The number of aromatic nitrogens is 4. The van der Waals surface area contributed by atoms with Gasteiger partial charge in [0.2, 0.25) is 0 Å². The summed E-state index contributed by atoms with van der Waals surface area (Å²) in [4.78, 5) is 13.0. The molecule has 9 nitrogen and oxygen atoms in total. The van der Waals surface area contributed by atoms with Gasteiger partial charge in [-0.15, -0.1) is 5.10 Å².